The maximum Gasteiger partial charge on any atom is 0.230 e. The molecule has 0 spiro atoms. The van der Waals surface area contributed by atoms with E-state index in [9.17, 15) is 9.59 Å². The SMILES string of the molecule is CCNC(=O)CSc1nc(-c2ccccc2)c(NC(=O)CCc2ccc(OC)cc2)s1. The highest BCUT2D eigenvalue weighted by Gasteiger charge is 2.16. The van der Waals surface area contributed by atoms with Crippen LogP contribution in [0.5, 0.6) is 5.75 Å². The summed E-state index contributed by atoms with van der Waals surface area (Å²) >= 11 is 2.76. The van der Waals surface area contributed by atoms with Crippen molar-refractivity contribution in [3.63, 3.8) is 0 Å². The van der Waals surface area contributed by atoms with Gasteiger partial charge in [0.05, 0.1) is 12.9 Å². The molecule has 2 amide bonds. The minimum atomic E-state index is -0.0723. The van der Waals surface area contributed by atoms with Gasteiger partial charge in [0, 0.05) is 18.5 Å². The van der Waals surface area contributed by atoms with Gasteiger partial charge in [0.15, 0.2) is 4.34 Å². The van der Waals surface area contributed by atoms with E-state index in [-0.39, 0.29) is 11.8 Å². The normalized spacial score (nSPS) is 10.5. The molecule has 0 aliphatic rings. The van der Waals surface area contributed by atoms with Crippen LogP contribution in [0, 0.1) is 0 Å². The van der Waals surface area contributed by atoms with Crippen molar-refractivity contribution in [2.24, 2.45) is 0 Å². The first-order valence-electron chi connectivity index (χ1n) is 9.97. The van der Waals surface area contributed by atoms with Crippen LogP contribution in [-0.2, 0) is 16.0 Å². The molecular weight excluding hydrogens is 430 g/mol. The van der Waals surface area contributed by atoms with Crippen molar-refractivity contribution in [3.8, 4) is 17.0 Å². The smallest absolute Gasteiger partial charge is 0.230 e. The Morgan fingerprint density at radius 3 is 2.48 bits per heavy atom. The molecule has 8 heteroatoms. The molecule has 0 radical (unpaired) electrons. The van der Waals surface area contributed by atoms with Crippen molar-refractivity contribution < 1.29 is 14.3 Å². The second kappa shape index (κ2) is 11.5. The number of carbonyl (C=O) groups excluding carboxylic acids is 2. The third kappa shape index (κ3) is 6.83. The number of anilines is 1. The first-order chi connectivity index (χ1) is 15.1. The van der Waals surface area contributed by atoms with Crippen molar-refractivity contribution in [1.29, 1.82) is 0 Å². The number of nitrogens with zero attached hydrogens (tertiary/aromatic N) is 1. The molecule has 0 atom stereocenters. The Labute approximate surface area is 190 Å². The number of amides is 2. The van der Waals surface area contributed by atoms with E-state index in [1.165, 1.54) is 23.1 Å². The minimum absolute atomic E-state index is 0.0333. The quantitative estimate of drug-likeness (QED) is 0.436. The Morgan fingerprint density at radius 1 is 1.06 bits per heavy atom. The number of aryl methyl sites for hydroxylation is 1. The largest absolute Gasteiger partial charge is 0.497 e. The van der Waals surface area contributed by atoms with Crippen LogP contribution in [0.3, 0.4) is 0 Å². The first kappa shape index (κ1) is 22.8. The monoisotopic (exact) mass is 455 g/mol. The molecule has 1 heterocycles. The Kier molecular flexibility index (Phi) is 8.49. The molecule has 3 aromatic rings. The van der Waals surface area contributed by atoms with Gasteiger partial charge in [-0.1, -0.05) is 65.6 Å². The zero-order valence-electron chi connectivity index (χ0n) is 17.5. The second-order valence-corrected chi connectivity index (χ2v) is 8.88. The number of ether oxygens (including phenoxy) is 1. The van der Waals surface area contributed by atoms with E-state index in [0.717, 1.165) is 26.9 Å². The fraction of sp³-hybridized carbons (Fsp3) is 0.261. The number of thioether (sulfide) groups is 1. The third-order valence-electron chi connectivity index (χ3n) is 4.41. The van der Waals surface area contributed by atoms with Crippen LogP contribution in [0.1, 0.15) is 18.9 Å². The highest BCUT2D eigenvalue weighted by molar-refractivity contribution is 8.01. The number of methoxy groups -OCH3 is 1. The lowest BCUT2D eigenvalue weighted by atomic mass is 10.1. The molecule has 0 saturated heterocycles. The summed E-state index contributed by atoms with van der Waals surface area (Å²) in [6, 6.07) is 17.4. The standard InChI is InChI=1S/C23H25N3O3S2/c1-3-24-20(28)15-30-23-26-21(17-7-5-4-6-8-17)22(31-23)25-19(27)14-11-16-9-12-18(29-2)13-10-16/h4-10,12-13H,3,11,14-15H2,1-2H3,(H,24,28)(H,25,27). The molecular formula is C23H25N3O3S2. The van der Waals surface area contributed by atoms with Crippen molar-refractivity contribution in [3.05, 3.63) is 60.2 Å². The summed E-state index contributed by atoms with van der Waals surface area (Å²) in [4.78, 5) is 29.1. The van der Waals surface area contributed by atoms with Crippen LogP contribution in [0.2, 0.25) is 0 Å². The number of carbonyl (C=O) groups is 2. The van der Waals surface area contributed by atoms with E-state index in [2.05, 4.69) is 15.6 Å². The van der Waals surface area contributed by atoms with Crippen LogP contribution in [-0.4, -0.2) is 36.2 Å². The summed E-state index contributed by atoms with van der Waals surface area (Å²) in [6.45, 7) is 2.49. The lowest BCUT2D eigenvalue weighted by Crippen LogP contribution is -2.24. The molecule has 162 valence electrons. The molecule has 3 rings (SSSR count). The predicted octanol–water partition coefficient (Wildman–Crippen LogP) is 4.62. The summed E-state index contributed by atoms with van der Waals surface area (Å²) in [5.74, 6) is 0.981. The average molecular weight is 456 g/mol. The highest BCUT2D eigenvalue weighted by Crippen LogP contribution is 2.37. The Hall–Kier alpha value is -2.84. The summed E-state index contributed by atoms with van der Waals surface area (Å²) in [5, 5.41) is 6.49. The first-order valence-corrected chi connectivity index (χ1v) is 11.8. The Bertz CT molecular complexity index is 1000. The van der Waals surface area contributed by atoms with Gasteiger partial charge in [-0.25, -0.2) is 4.98 Å². The van der Waals surface area contributed by atoms with E-state index in [1.54, 1.807) is 7.11 Å². The summed E-state index contributed by atoms with van der Waals surface area (Å²) in [6.07, 6.45) is 0.994. The summed E-state index contributed by atoms with van der Waals surface area (Å²) < 4.78 is 5.91. The van der Waals surface area contributed by atoms with Gasteiger partial charge in [-0.3, -0.25) is 9.59 Å². The molecule has 0 aliphatic carbocycles. The van der Waals surface area contributed by atoms with E-state index in [0.29, 0.717) is 30.1 Å². The van der Waals surface area contributed by atoms with Gasteiger partial charge >= 0.3 is 0 Å². The molecule has 6 nitrogen and oxygen atoms in total. The van der Waals surface area contributed by atoms with E-state index < -0.39 is 0 Å². The molecule has 0 bridgehead atoms. The summed E-state index contributed by atoms with van der Waals surface area (Å²) in [5.41, 5.74) is 2.72. The Balaban J connectivity index is 1.68. The lowest BCUT2D eigenvalue weighted by Gasteiger charge is -2.06. The fourth-order valence-electron chi connectivity index (χ4n) is 2.85. The third-order valence-corrected chi connectivity index (χ3v) is 6.52. The van der Waals surface area contributed by atoms with E-state index in [1.807, 2.05) is 61.5 Å². The van der Waals surface area contributed by atoms with Crippen molar-refractivity contribution in [1.82, 2.24) is 10.3 Å². The molecule has 31 heavy (non-hydrogen) atoms. The van der Waals surface area contributed by atoms with Gasteiger partial charge in [-0.2, -0.15) is 0 Å². The van der Waals surface area contributed by atoms with E-state index >= 15 is 0 Å². The Morgan fingerprint density at radius 2 is 1.81 bits per heavy atom. The number of thiazole rings is 1. The lowest BCUT2D eigenvalue weighted by molar-refractivity contribution is -0.118. The van der Waals surface area contributed by atoms with Crippen LogP contribution in [0.25, 0.3) is 11.3 Å². The zero-order valence-corrected chi connectivity index (χ0v) is 19.1. The molecule has 1 aromatic heterocycles. The van der Waals surface area contributed by atoms with Crippen LogP contribution < -0.4 is 15.4 Å². The average Bonchev–Trinajstić information content (AvgIpc) is 3.20. The van der Waals surface area contributed by atoms with Gasteiger partial charge in [0.2, 0.25) is 11.8 Å². The number of hydrogen-bond donors (Lipinski definition) is 2. The molecule has 0 unspecified atom stereocenters. The van der Waals surface area contributed by atoms with Gasteiger partial charge in [0.1, 0.15) is 16.4 Å². The maximum atomic E-state index is 12.6. The number of hydrogen-bond acceptors (Lipinski definition) is 6. The predicted molar refractivity (Wildman–Crippen MR) is 127 cm³/mol. The number of aromatic nitrogens is 1. The topological polar surface area (TPSA) is 80.3 Å². The number of nitrogens with one attached hydrogen (secondary N) is 2. The van der Waals surface area contributed by atoms with Crippen molar-refractivity contribution in [2.45, 2.75) is 24.1 Å². The zero-order chi connectivity index (χ0) is 22.1. The van der Waals surface area contributed by atoms with Crippen LogP contribution in [0.4, 0.5) is 5.00 Å². The minimum Gasteiger partial charge on any atom is -0.497 e. The van der Waals surface area contributed by atoms with E-state index in [4.69, 9.17) is 4.74 Å². The van der Waals surface area contributed by atoms with Gasteiger partial charge in [-0.15, -0.1) is 0 Å². The van der Waals surface area contributed by atoms with Gasteiger partial charge in [0.25, 0.3) is 0 Å². The van der Waals surface area contributed by atoms with Gasteiger partial charge < -0.3 is 15.4 Å². The molecule has 0 saturated carbocycles. The fourth-order valence-corrected chi connectivity index (χ4v) is 4.76. The highest BCUT2D eigenvalue weighted by atomic mass is 32.2. The number of benzene rings is 2. The van der Waals surface area contributed by atoms with Crippen LogP contribution >= 0.6 is 23.1 Å². The van der Waals surface area contributed by atoms with Gasteiger partial charge in [-0.05, 0) is 31.0 Å². The molecule has 2 aromatic carbocycles. The summed E-state index contributed by atoms with van der Waals surface area (Å²) in [7, 11) is 1.63. The maximum absolute atomic E-state index is 12.6. The molecule has 0 fully saturated rings. The molecule has 0 aliphatic heterocycles. The second-order valence-electron chi connectivity index (χ2n) is 6.66. The van der Waals surface area contributed by atoms with Crippen molar-refractivity contribution >= 4 is 39.9 Å². The number of rotatable bonds is 10. The van der Waals surface area contributed by atoms with Crippen molar-refractivity contribution in [2.75, 3.05) is 24.7 Å². The van der Waals surface area contributed by atoms with Crippen LogP contribution in [0.15, 0.2) is 58.9 Å². The molecule has 2 N–H and O–H groups in total.